The van der Waals surface area contributed by atoms with E-state index in [2.05, 4.69) is 23.3 Å². The summed E-state index contributed by atoms with van der Waals surface area (Å²) < 4.78 is 0. The molecular formula is C16H17N3OS. The number of hydrogen-bond donors (Lipinski definition) is 1. The Hall–Kier alpha value is -2.19. The van der Waals surface area contributed by atoms with Crippen LogP contribution in [0.2, 0.25) is 0 Å². The monoisotopic (exact) mass is 299 g/mol. The van der Waals surface area contributed by atoms with Crippen LogP contribution in [0.4, 0.5) is 0 Å². The quantitative estimate of drug-likeness (QED) is 0.923. The van der Waals surface area contributed by atoms with Gasteiger partial charge in [0.25, 0.3) is 0 Å². The Morgan fingerprint density at radius 1 is 1.43 bits per heavy atom. The number of carbonyl (C=O) groups is 1. The summed E-state index contributed by atoms with van der Waals surface area (Å²) in [5, 5.41) is 12.6. The lowest BCUT2D eigenvalue weighted by Crippen LogP contribution is -2.28. The van der Waals surface area contributed by atoms with E-state index in [1.54, 1.807) is 35.6 Å². The SMILES string of the molecule is CCc1cnc(C(C)NC(=O)Cc2ccc(C#N)cc2)s1. The van der Waals surface area contributed by atoms with Crippen LogP contribution in [0.3, 0.4) is 0 Å². The summed E-state index contributed by atoms with van der Waals surface area (Å²) in [6.45, 7) is 4.03. The van der Waals surface area contributed by atoms with Crippen molar-refractivity contribution in [3.63, 3.8) is 0 Å². The van der Waals surface area contributed by atoms with Gasteiger partial charge in [0, 0.05) is 11.1 Å². The van der Waals surface area contributed by atoms with Crippen LogP contribution in [0.15, 0.2) is 30.5 Å². The van der Waals surface area contributed by atoms with E-state index in [1.165, 1.54) is 4.88 Å². The van der Waals surface area contributed by atoms with E-state index >= 15 is 0 Å². The van der Waals surface area contributed by atoms with Crippen LogP contribution in [-0.4, -0.2) is 10.9 Å². The van der Waals surface area contributed by atoms with Crippen LogP contribution in [0, 0.1) is 11.3 Å². The molecule has 2 rings (SSSR count). The molecule has 0 radical (unpaired) electrons. The third kappa shape index (κ3) is 4.14. The number of nitriles is 1. The number of aryl methyl sites for hydroxylation is 1. The standard InChI is InChI=1S/C16H17N3OS/c1-3-14-10-18-16(21-14)11(2)19-15(20)8-12-4-6-13(9-17)7-5-12/h4-7,10-11H,3,8H2,1-2H3,(H,19,20). The van der Waals surface area contributed by atoms with E-state index in [0.29, 0.717) is 12.0 Å². The highest BCUT2D eigenvalue weighted by molar-refractivity contribution is 7.11. The minimum absolute atomic E-state index is 0.0412. The van der Waals surface area contributed by atoms with E-state index in [1.807, 2.05) is 13.1 Å². The van der Waals surface area contributed by atoms with Gasteiger partial charge < -0.3 is 5.32 Å². The van der Waals surface area contributed by atoms with Crippen LogP contribution in [-0.2, 0) is 17.6 Å². The lowest BCUT2D eigenvalue weighted by atomic mass is 10.1. The first-order valence-electron chi connectivity index (χ1n) is 6.85. The summed E-state index contributed by atoms with van der Waals surface area (Å²) in [4.78, 5) is 17.6. The van der Waals surface area contributed by atoms with Crippen molar-refractivity contribution in [2.75, 3.05) is 0 Å². The minimum Gasteiger partial charge on any atom is -0.347 e. The second-order valence-electron chi connectivity index (χ2n) is 4.79. The van der Waals surface area contributed by atoms with Gasteiger partial charge in [0.1, 0.15) is 5.01 Å². The number of benzene rings is 1. The molecule has 1 aromatic heterocycles. The molecule has 0 spiro atoms. The smallest absolute Gasteiger partial charge is 0.224 e. The molecule has 1 heterocycles. The number of rotatable bonds is 5. The zero-order valence-corrected chi connectivity index (χ0v) is 12.9. The summed E-state index contributed by atoms with van der Waals surface area (Å²) in [6.07, 6.45) is 3.13. The van der Waals surface area contributed by atoms with E-state index < -0.39 is 0 Å². The molecule has 1 atom stereocenters. The predicted octanol–water partition coefficient (Wildman–Crippen LogP) is 3.00. The zero-order chi connectivity index (χ0) is 15.2. The van der Waals surface area contributed by atoms with Crippen LogP contribution < -0.4 is 5.32 Å². The van der Waals surface area contributed by atoms with Crippen molar-refractivity contribution in [1.29, 1.82) is 5.26 Å². The van der Waals surface area contributed by atoms with E-state index in [4.69, 9.17) is 5.26 Å². The fourth-order valence-electron chi connectivity index (χ4n) is 1.92. The molecule has 0 aliphatic heterocycles. The largest absolute Gasteiger partial charge is 0.347 e. The molecule has 0 aliphatic carbocycles. The first kappa shape index (κ1) is 15.2. The lowest BCUT2D eigenvalue weighted by Gasteiger charge is -2.11. The number of carbonyl (C=O) groups excluding carboxylic acids is 1. The summed E-state index contributed by atoms with van der Waals surface area (Å²) in [6, 6.07) is 9.04. The molecule has 1 amide bonds. The predicted molar refractivity (Wildman–Crippen MR) is 82.9 cm³/mol. The highest BCUT2D eigenvalue weighted by atomic mass is 32.1. The molecule has 5 heteroatoms. The maximum atomic E-state index is 12.0. The third-order valence-electron chi connectivity index (χ3n) is 3.12. The highest BCUT2D eigenvalue weighted by Gasteiger charge is 2.13. The number of amides is 1. The van der Waals surface area contributed by atoms with Gasteiger partial charge in [-0.05, 0) is 31.0 Å². The van der Waals surface area contributed by atoms with Gasteiger partial charge in [0.05, 0.1) is 24.1 Å². The van der Waals surface area contributed by atoms with Crippen molar-refractivity contribution >= 4 is 17.2 Å². The first-order valence-corrected chi connectivity index (χ1v) is 7.67. The fourth-order valence-corrected chi connectivity index (χ4v) is 2.78. The normalized spacial score (nSPS) is 11.7. The molecule has 2 aromatic rings. The Morgan fingerprint density at radius 3 is 2.71 bits per heavy atom. The van der Waals surface area contributed by atoms with Crippen LogP contribution in [0.1, 0.15) is 40.9 Å². The van der Waals surface area contributed by atoms with Crippen LogP contribution in [0.25, 0.3) is 0 Å². The maximum absolute atomic E-state index is 12.0. The van der Waals surface area contributed by atoms with E-state index in [-0.39, 0.29) is 11.9 Å². The number of aromatic nitrogens is 1. The zero-order valence-electron chi connectivity index (χ0n) is 12.1. The molecule has 0 aliphatic rings. The topological polar surface area (TPSA) is 65.8 Å². The van der Waals surface area contributed by atoms with Crippen molar-refractivity contribution < 1.29 is 4.79 Å². The Kier molecular flexibility index (Phi) is 5.07. The summed E-state index contributed by atoms with van der Waals surface area (Å²) in [5.74, 6) is -0.0412. The molecule has 4 nitrogen and oxygen atoms in total. The number of hydrogen-bond acceptors (Lipinski definition) is 4. The molecule has 21 heavy (non-hydrogen) atoms. The van der Waals surface area contributed by atoms with Gasteiger partial charge in [-0.1, -0.05) is 19.1 Å². The van der Waals surface area contributed by atoms with Gasteiger partial charge in [0.15, 0.2) is 0 Å². The Morgan fingerprint density at radius 2 is 2.14 bits per heavy atom. The molecule has 0 saturated heterocycles. The molecule has 1 unspecified atom stereocenters. The van der Waals surface area contributed by atoms with Gasteiger partial charge in [-0.3, -0.25) is 4.79 Å². The average molecular weight is 299 g/mol. The Bertz CT molecular complexity index is 655. The number of nitrogens with zero attached hydrogens (tertiary/aromatic N) is 2. The van der Waals surface area contributed by atoms with Crippen molar-refractivity contribution in [3.05, 3.63) is 51.5 Å². The lowest BCUT2D eigenvalue weighted by molar-refractivity contribution is -0.121. The van der Waals surface area contributed by atoms with E-state index in [0.717, 1.165) is 17.0 Å². The number of thiazole rings is 1. The Balaban J connectivity index is 1.92. The molecule has 0 saturated carbocycles. The molecule has 1 N–H and O–H groups in total. The number of nitrogens with one attached hydrogen (secondary N) is 1. The fraction of sp³-hybridized carbons (Fsp3) is 0.312. The van der Waals surface area contributed by atoms with Gasteiger partial charge in [-0.25, -0.2) is 4.98 Å². The molecule has 108 valence electrons. The van der Waals surface area contributed by atoms with Crippen molar-refractivity contribution in [2.24, 2.45) is 0 Å². The summed E-state index contributed by atoms with van der Waals surface area (Å²) in [7, 11) is 0. The van der Waals surface area contributed by atoms with Gasteiger partial charge in [-0.2, -0.15) is 5.26 Å². The third-order valence-corrected chi connectivity index (χ3v) is 4.44. The van der Waals surface area contributed by atoms with Gasteiger partial charge >= 0.3 is 0 Å². The minimum atomic E-state index is -0.0822. The van der Waals surface area contributed by atoms with Crippen molar-refractivity contribution in [2.45, 2.75) is 32.7 Å². The van der Waals surface area contributed by atoms with Crippen molar-refractivity contribution in [1.82, 2.24) is 10.3 Å². The summed E-state index contributed by atoms with van der Waals surface area (Å²) in [5.41, 5.74) is 1.49. The average Bonchev–Trinajstić information content (AvgIpc) is 2.97. The van der Waals surface area contributed by atoms with Crippen molar-refractivity contribution in [3.8, 4) is 6.07 Å². The molecule has 0 bridgehead atoms. The highest BCUT2D eigenvalue weighted by Crippen LogP contribution is 2.20. The Labute approximate surface area is 128 Å². The second kappa shape index (κ2) is 7.00. The van der Waals surface area contributed by atoms with E-state index in [9.17, 15) is 4.79 Å². The first-order chi connectivity index (χ1) is 10.1. The second-order valence-corrected chi connectivity index (χ2v) is 5.94. The van der Waals surface area contributed by atoms with Crippen LogP contribution >= 0.6 is 11.3 Å². The van der Waals surface area contributed by atoms with Gasteiger partial charge in [0.2, 0.25) is 5.91 Å². The maximum Gasteiger partial charge on any atom is 0.224 e. The molecular weight excluding hydrogens is 282 g/mol. The van der Waals surface area contributed by atoms with Gasteiger partial charge in [-0.15, -0.1) is 11.3 Å². The van der Waals surface area contributed by atoms with Crippen LogP contribution in [0.5, 0.6) is 0 Å². The molecule has 0 fully saturated rings. The summed E-state index contributed by atoms with van der Waals surface area (Å²) >= 11 is 1.63. The molecule has 1 aromatic carbocycles.